The minimum atomic E-state index is 0.890. The molecule has 0 aromatic carbocycles. The highest BCUT2D eigenvalue weighted by Gasteiger charge is 2.00. The van der Waals surface area contributed by atoms with Gasteiger partial charge in [-0.25, -0.2) is 0 Å². The molecule has 0 fully saturated rings. The highest BCUT2D eigenvalue weighted by atomic mass is 16.4. The van der Waals surface area contributed by atoms with Crippen LogP contribution >= 0.6 is 0 Å². The van der Waals surface area contributed by atoms with Gasteiger partial charge in [0, 0.05) is 6.54 Å². The van der Waals surface area contributed by atoms with Gasteiger partial charge in [0.25, 0.3) is 0 Å². The van der Waals surface area contributed by atoms with Gasteiger partial charge in [-0.15, -0.1) is 0 Å². The molecule has 9 heavy (non-hydrogen) atoms. The monoisotopic (exact) mass is 126 g/mol. The minimum absolute atomic E-state index is 0.890. The first-order chi connectivity index (χ1) is 4.43. The smallest absolute Gasteiger partial charge is 0.0871 e. The number of oxime groups is 1. The maximum Gasteiger partial charge on any atom is 0.0871 e. The van der Waals surface area contributed by atoms with Crippen molar-refractivity contribution in [2.75, 3.05) is 6.54 Å². The number of nitrogens with zero attached hydrogens (tertiary/aromatic N) is 2. The second-order valence-electron chi connectivity index (χ2n) is 2.07. The quantitative estimate of drug-likeness (QED) is 0.319. The number of aliphatic imine (C=N–C) groups is 1. The summed E-state index contributed by atoms with van der Waals surface area (Å²) in [6.07, 6.45) is 4.72. The number of hydrogen-bond donors (Lipinski definition) is 1. The van der Waals surface area contributed by atoms with Crippen LogP contribution in [0.25, 0.3) is 0 Å². The molecule has 1 rings (SSSR count). The molecule has 3 heteroatoms. The number of rotatable bonds is 1. The predicted molar refractivity (Wildman–Crippen MR) is 36.4 cm³/mol. The molecule has 0 aromatic rings. The van der Waals surface area contributed by atoms with Gasteiger partial charge in [0.05, 0.1) is 11.9 Å². The number of hydrogen-bond acceptors (Lipinski definition) is 3. The van der Waals surface area contributed by atoms with Crippen molar-refractivity contribution in [2.24, 2.45) is 10.1 Å². The van der Waals surface area contributed by atoms with Crippen LogP contribution < -0.4 is 0 Å². The molecule has 0 spiro atoms. The largest absolute Gasteiger partial charge is 0.411 e. The molecule has 1 aliphatic rings. The lowest BCUT2D eigenvalue weighted by molar-refractivity contribution is 0.322. The molecule has 0 amide bonds. The van der Waals surface area contributed by atoms with E-state index in [1.165, 1.54) is 19.1 Å². The Morgan fingerprint density at radius 3 is 3.00 bits per heavy atom. The molecule has 0 unspecified atom stereocenters. The van der Waals surface area contributed by atoms with Crippen LogP contribution in [0, 0.1) is 0 Å². The van der Waals surface area contributed by atoms with Gasteiger partial charge in [0.15, 0.2) is 0 Å². The van der Waals surface area contributed by atoms with Crippen LogP contribution in [0.2, 0.25) is 0 Å². The Labute approximate surface area is 54.1 Å². The molecule has 0 bridgehead atoms. The van der Waals surface area contributed by atoms with Crippen LogP contribution in [-0.2, 0) is 0 Å². The first-order valence-corrected chi connectivity index (χ1v) is 3.14. The van der Waals surface area contributed by atoms with E-state index in [1.807, 2.05) is 0 Å². The van der Waals surface area contributed by atoms with E-state index in [9.17, 15) is 0 Å². The SMILES string of the molecule is O/N=C/C1=NCCCC1. The lowest BCUT2D eigenvalue weighted by Crippen LogP contribution is -2.06. The molecule has 1 aliphatic heterocycles. The van der Waals surface area contributed by atoms with Gasteiger partial charge in [-0.1, -0.05) is 5.16 Å². The average Bonchev–Trinajstić information content (AvgIpc) is 1.91. The second kappa shape index (κ2) is 3.22. The second-order valence-corrected chi connectivity index (χ2v) is 2.07. The average molecular weight is 126 g/mol. The molecule has 1 N–H and O–H groups in total. The lowest BCUT2D eigenvalue weighted by Gasteiger charge is -2.05. The normalized spacial score (nSPS) is 20.2. The lowest BCUT2D eigenvalue weighted by atomic mass is 10.1. The standard InChI is InChI=1S/C6H10N2O/c9-8-5-6-3-1-2-4-7-6/h5,9H,1-4H2/b8-5+. The van der Waals surface area contributed by atoms with Gasteiger partial charge in [-0.2, -0.15) is 0 Å². The molecule has 0 aliphatic carbocycles. The highest BCUT2D eigenvalue weighted by molar-refractivity contribution is 6.30. The molecule has 0 atom stereocenters. The third-order valence-corrected chi connectivity index (χ3v) is 1.36. The van der Waals surface area contributed by atoms with Gasteiger partial charge in [0.2, 0.25) is 0 Å². The molecule has 0 aromatic heterocycles. The van der Waals surface area contributed by atoms with Crippen LogP contribution in [0.15, 0.2) is 10.1 Å². The Kier molecular flexibility index (Phi) is 2.24. The van der Waals surface area contributed by atoms with Crippen molar-refractivity contribution in [3.63, 3.8) is 0 Å². The summed E-state index contributed by atoms with van der Waals surface area (Å²) in [5, 5.41) is 11.0. The van der Waals surface area contributed by atoms with Crippen LogP contribution in [0.3, 0.4) is 0 Å². The Balaban J connectivity index is 2.46. The summed E-state index contributed by atoms with van der Waals surface area (Å²) in [5.41, 5.74) is 0.920. The van der Waals surface area contributed by atoms with Gasteiger partial charge in [0.1, 0.15) is 0 Å². The molecular weight excluding hydrogens is 116 g/mol. The van der Waals surface area contributed by atoms with E-state index in [-0.39, 0.29) is 0 Å². The van der Waals surface area contributed by atoms with Crippen molar-refractivity contribution < 1.29 is 5.21 Å². The fraction of sp³-hybridized carbons (Fsp3) is 0.667. The van der Waals surface area contributed by atoms with Crippen LogP contribution in [0.5, 0.6) is 0 Å². The van der Waals surface area contributed by atoms with Crippen molar-refractivity contribution in [2.45, 2.75) is 19.3 Å². The summed E-state index contributed by atoms with van der Waals surface area (Å²) >= 11 is 0. The Morgan fingerprint density at radius 1 is 1.56 bits per heavy atom. The van der Waals surface area contributed by atoms with E-state index in [1.54, 1.807) is 0 Å². The summed E-state index contributed by atoms with van der Waals surface area (Å²) in [5.74, 6) is 0. The van der Waals surface area contributed by atoms with Gasteiger partial charge < -0.3 is 5.21 Å². The molecular formula is C6H10N2O. The predicted octanol–water partition coefficient (Wildman–Crippen LogP) is 1.07. The zero-order valence-electron chi connectivity index (χ0n) is 5.25. The van der Waals surface area contributed by atoms with Gasteiger partial charge in [-0.05, 0) is 19.3 Å². The molecule has 3 nitrogen and oxygen atoms in total. The molecule has 50 valence electrons. The van der Waals surface area contributed by atoms with E-state index in [4.69, 9.17) is 5.21 Å². The van der Waals surface area contributed by atoms with Crippen molar-refractivity contribution in [1.29, 1.82) is 0 Å². The summed E-state index contributed by atoms with van der Waals surface area (Å²) in [7, 11) is 0. The third kappa shape index (κ3) is 1.83. The summed E-state index contributed by atoms with van der Waals surface area (Å²) < 4.78 is 0. The Hall–Kier alpha value is -0.860. The fourth-order valence-corrected chi connectivity index (χ4v) is 0.892. The Morgan fingerprint density at radius 2 is 2.44 bits per heavy atom. The Bertz CT molecular complexity index is 140. The molecule has 0 radical (unpaired) electrons. The summed E-state index contributed by atoms with van der Waals surface area (Å²) in [4.78, 5) is 4.13. The fourth-order valence-electron chi connectivity index (χ4n) is 0.892. The van der Waals surface area contributed by atoms with E-state index in [0.717, 1.165) is 18.7 Å². The zero-order chi connectivity index (χ0) is 6.53. The zero-order valence-corrected chi connectivity index (χ0v) is 5.25. The van der Waals surface area contributed by atoms with Gasteiger partial charge in [-0.3, -0.25) is 4.99 Å². The van der Waals surface area contributed by atoms with E-state index < -0.39 is 0 Å². The van der Waals surface area contributed by atoms with Crippen molar-refractivity contribution in [3.8, 4) is 0 Å². The van der Waals surface area contributed by atoms with E-state index >= 15 is 0 Å². The van der Waals surface area contributed by atoms with Crippen molar-refractivity contribution in [3.05, 3.63) is 0 Å². The molecule has 1 heterocycles. The summed E-state index contributed by atoms with van der Waals surface area (Å²) in [6, 6.07) is 0. The molecule has 0 saturated heterocycles. The van der Waals surface area contributed by atoms with Crippen LogP contribution in [0.1, 0.15) is 19.3 Å². The topological polar surface area (TPSA) is 45.0 Å². The maximum absolute atomic E-state index is 8.11. The summed E-state index contributed by atoms with van der Waals surface area (Å²) in [6.45, 7) is 0.890. The van der Waals surface area contributed by atoms with Gasteiger partial charge >= 0.3 is 0 Å². The third-order valence-electron chi connectivity index (χ3n) is 1.36. The van der Waals surface area contributed by atoms with Crippen LogP contribution in [0.4, 0.5) is 0 Å². The maximum atomic E-state index is 8.11. The van der Waals surface area contributed by atoms with Crippen LogP contribution in [-0.4, -0.2) is 23.7 Å². The first-order valence-electron chi connectivity index (χ1n) is 3.14. The first kappa shape index (κ1) is 6.26. The van der Waals surface area contributed by atoms with E-state index in [2.05, 4.69) is 10.1 Å². The molecule has 0 saturated carbocycles. The minimum Gasteiger partial charge on any atom is -0.411 e. The van der Waals surface area contributed by atoms with Crippen molar-refractivity contribution in [1.82, 2.24) is 0 Å². The van der Waals surface area contributed by atoms with Crippen molar-refractivity contribution >= 4 is 11.9 Å². The van der Waals surface area contributed by atoms with E-state index in [0.29, 0.717) is 0 Å². The highest BCUT2D eigenvalue weighted by Crippen LogP contribution is 2.03.